The third-order valence-electron chi connectivity index (χ3n) is 5.06. The van der Waals surface area contributed by atoms with Gasteiger partial charge in [-0.25, -0.2) is 4.39 Å². The number of hydrogen-bond donors (Lipinski definition) is 2. The Balaban J connectivity index is 1.67. The zero-order valence-electron chi connectivity index (χ0n) is 17.5. The molecule has 1 aliphatic rings. The molecule has 8 nitrogen and oxygen atoms in total. The van der Waals surface area contributed by atoms with E-state index in [2.05, 4.69) is 15.5 Å². The van der Waals surface area contributed by atoms with Crippen LogP contribution >= 0.6 is 0 Å². The van der Waals surface area contributed by atoms with E-state index in [1.807, 2.05) is 0 Å². The van der Waals surface area contributed by atoms with Gasteiger partial charge in [0.05, 0.1) is 39.2 Å². The highest BCUT2D eigenvalue weighted by Crippen LogP contribution is 2.29. The van der Waals surface area contributed by atoms with Crippen molar-refractivity contribution in [2.75, 3.05) is 52.4 Å². The van der Waals surface area contributed by atoms with Gasteiger partial charge in [0.15, 0.2) is 0 Å². The molecule has 2 aromatic rings. The highest BCUT2D eigenvalue weighted by atomic mass is 19.1. The van der Waals surface area contributed by atoms with Crippen LogP contribution in [0.25, 0.3) is 0 Å². The first kappa shape index (κ1) is 22.5. The van der Waals surface area contributed by atoms with Crippen molar-refractivity contribution in [3.63, 3.8) is 0 Å². The van der Waals surface area contributed by atoms with Crippen molar-refractivity contribution in [3.8, 4) is 11.5 Å². The highest BCUT2D eigenvalue weighted by molar-refractivity contribution is 6.39. The maximum Gasteiger partial charge on any atom is 0.313 e. The highest BCUT2D eigenvalue weighted by Gasteiger charge is 2.25. The van der Waals surface area contributed by atoms with Gasteiger partial charge in [-0.05, 0) is 29.8 Å². The average Bonchev–Trinajstić information content (AvgIpc) is 2.80. The molecule has 0 bridgehead atoms. The van der Waals surface area contributed by atoms with E-state index in [4.69, 9.17) is 14.2 Å². The lowest BCUT2D eigenvalue weighted by Gasteiger charge is -2.34. The van der Waals surface area contributed by atoms with Gasteiger partial charge in [-0.1, -0.05) is 12.1 Å². The van der Waals surface area contributed by atoms with Crippen LogP contribution in [0.15, 0.2) is 42.5 Å². The van der Waals surface area contributed by atoms with Gasteiger partial charge in [-0.2, -0.15) is 0 Å². The van der Waals surface area contributed by atoms with Crippen molar-refractivity contribution < 1.29 is 28.2 Å². The predicted molar refractivity (Wildman–Crippen MR) is 113 cm³/mol. The lowest BCUT2D eigenvalue weighted by Crippen LogP contribution is -2.45. The minimum Gasteiger partial charge on any atom is -0.497 e. The second-order valence-corrected chi connectivity index (χ2v) is 6.95. The van der Waals surface area contributed by atoms with Crippen molar-refractivity contribution in [2.24, 2.45) is 0 Å². The zero-order chi connectivity index (χ0) is 22.2. The van der Waals surface area contributed by atoms with Crippen LogP contribution in [0.3, 0.4) is 0 Å². The Hall–Kier alpha value is -3.17. The second-order valence-electron chi connectivity index (χ2n) is 6.95. The number of halogens is 1. The summed E-state index contributed by atoms with van der Waals surface area (Å²) in [6.45, 7) is 2.67. The van der Waals surface area contributed by atoms with Crippen molar-refractivity contribution in [1.82, 2.24) is 10.2 Å². The molecule has 2 N–H and O–H groups in total. The van der Waals surface area contributed by atoms with Crippen LogP contribution in [-0.2, 0) is 14.3 Å². The normalized spacial score (nSPS) is 15.1. The Bertz CT molecular complexity index is 901. The molecule has 2 aromatic carbocycles. The molecule has 2 amide bonds. The lowest BCUT2D eigenvalue weighted by molar-refractivity contribution is -0.136. The topological polar surface area (TPSA) is 89.1 Å². The van der Waals surface area contributed by atoms with Gasteiger partial charge >= 0.3 is 11.8 Å². The lowest BCUT2D eigenvalue weighted by atomic mass is 10.0. The molecule has 3 rings (SSSR count). The van der Waals surface area contributed by atoms with Gasteiger partial charge in [-0.15, -0.1) is 0 Å². The Morgan fingerprint density at radius 1 is 1.06 bits per heavy atom. The summed E-state index contributed by atoms with van der Waals surface area (Å²) in [7, 11) is 2.97. The van der Waals surface area contributed by atoms with Crippen molar-refractivity contribution in [2.45, 2.75) is 6.04 Å². The molecule has 1 fully saturated rings. The fourth-order valence-corrected chi connectivity index (χ4v) is 3.39. The molecule has 0 aromatic heterocycles. The third-order valence-corrected chi connectivity index (χ3v) is 5.06. The summed E-state index contributed by atoms with van der Waals surface area (Å²) < 4.78 is 29.1. The number of nitrogens with zero attached hydrogens (tertiary/aromatic N) is 1. The second kappa shape index (κ2) is 10.7. The van der Waals surface area contributed by atoms with Crippen molar-refractivity contribution in [3.05, 3.63) is 53.8 Å². The van der Waals surface area contributed by atoms with E-state index < -0.39 is 11.8 Å². The van der Waals surface area contributed by atoms with Gasteiger partial charge in [0.1, 0.15) is 17.3 Å². The van der Waals surface area contributed by atoms with E-state index in [0.29, 0.717) is 43.5 Å². The fourth-order valence-electron chi connectivity index (χ4n) is 3.39. The minimum absolute atomic E-state index is 0.188. The summed E-state index contributed by atoms with van der Waals surface area (Å²) in [6, 6.07) is 10.8. The van der Waals surface area contributed by atoms with Gasteiger partial charge in [0.25, 0.3) is 0 Å². The third kappa shape index (κ3) is 5.93. The summed E-state index contributed by atoms with van der Waals surface area (Å²) in [4.78, 5) is 27.1. The van der Waals surface area contributed by atoms with Gasteiger partial charge in [0, 0.05) is 25.7 Å². The van der Waals surface area contributed by atoms with Crippen LogP contribution < -0.4 is 20.1 Å². The number of anilines is 1. The first-order valence-corrected chi connectivity index (χ1v) is 9.90. The quantitative estimate of drug-likeness (QED) is 0.652. The zero-order valence-corrected chi connectivity index (χ0v) is 17.5. The molecule has 1 aliphatic heterocycles. The number of rotatable bonds is 7. The molecule has 0 aliphatic carbocycles. The Kier molecular flexibility index (Phi) is 7.80. The maximum atomic E-state index is 13.4. The van der Waals surface area contributed by atoms with Crippen molar-refractivity contribution in [1.29, 1.82) is 0 Å². The smallest absolute Gasteiger partial charge is 0.313 e. The van der Waals surface area contributed by atoms with E-state index in [1.165, 1.54) is 26.4 Å². The molecule has 1 saturated heterocycles. The van der Waals surface area contributed by atoms with Crippen LogP contribution in [-0.4, -0.2) is 63.8 Å². The van der Waals surface area contributed by atoms with Crippen LogP contribution in [0.5, 0.6) is 11.5 Å². The monoisotopic (exact) mass is 431 g/mol. The Morgan fingerprint density at radius 3 is 2.42 bits per heavy atom. The SMILES string of the molecule is COc1ccc(OC)c(NC(=O)C(=O)NC[C@@H](c2ccc(F)cc2)N2CCOCC2)c1. The Labute approximate surface area is 180 Å². The van der Waals surface area contributed by atoms with Crippen LogP contribution in [0.1, 0.15) is 11.6 Å². The van der Waals surface area contributed by atoms with Crippen LogP contribution in [0.4, 0.5) is 10.1 Å². The number of carbonyl (C=O) groups is 2. The van der Waals surface area contributed by atoms with E-state index in [9.17, 15) is 14.0 Å². The largest absolute Gasteiger partial charge is 0.497 e. The molecular weight excluding hydrogens is 405 g/mol. The number of hydrogen-bond acceptors (Lipinski definition) is 6. The number of morpholine rings is 1. The first-order valence-electron chi connectivity index (χ1n) is 9.90. The molecule has 0 unspecified atom stereocenters. The first-order chi connectivity index (χ1) is 15.0. The average molecular weight is 431 g/mol. The van der Waals surface area contributed by atoms with Gasteiger partial charge in [-0.3, -0.25) is 14.5 Å². The van der Waals surface area contributed by atoms with Gasteiger partial charge < -0.3 is 24.8 Å². The summed E-state index contributed by atoms with van der Waals surface area (Å²) in [5.74, 6) is -1.03. The molecule has 0 spiro atoms. The van der Waals surface area contributed by atoms with Crippen LogP contribution in [0.2, 0.25) is 0 Å². The summed E-state index contributed by atoms with van der Waals surface area (Å²) in [5.41, 5.74) is 1.17. The Morgan fingerprint density at radius 2 is 1.77 bits per heavy atom. The predicted octanol–water partition coefficient (Wildman–Crippen LogP) is 1.97. The van der Waals surface area contributed by atoms with E-state index >= 15 is 0 Å². The number of benzene rings is 2. The molecule has 0 saturated carbocycles. The maximum absolute atomic E-state index is 13.4. The number of nitrogens with one attached hydrogen (secondary N) is 2. The molecule has 31 heavy (non-hydrogen) atoms. The molecule has 9 heteroatoms. The van der Waals surface area contributed by atoms with E-state index in [0.717, 1.165) is 5.56 Å². The number of ether oxygens (including phenoxy) is 3. The number of methoxy groups -OCH3 is 2. The summed E-state index contributed by atoms with van der Waals surface area (Å²) in [6.07, 6.45) is 0. The van der Waals surface area contributed by atoms with Gasteiger partial charge in [0.2, 0.25) is 0 Å². The molecule has 0 radical (unpaired) electrons. The molecule has 1 heterocycles. The van der Waals surface area contributed by atoms with Crippen molar-refractivity contribution >= 4 is 17.5 Å². The molecular formula is C22H26FN3O5. The summed E-state index contributed by atoms with van der Waals surface area (Å²) in [5, 5.41) is 5.23. The summed E-state index contributed by atoms with van der Waals surface area (Å²) >= 11 is 0. The molecule has 1 atom stereocenters. The van der Waals surface area contributed by atoms with E-state index in [-0.39, 0.29) is 18.4 Å². The number of carbonyl (C=O) groups excluding carboxylic acids is 2. The molecule has 166 valence electrons. The van der Waals surface area contributed by atoms with E-state index in [1.54, 1.807) is 30.3 Å². The van der Waals surface area contributed by atoms with Crippen LogP contribution in [0, 0.1) is 5.82 Å². The number of amides is 2. The fraction of sp³-hybridized carbons (Fsp3) is 0.364. The minimum atomic E-state index is -0.827. The standard InChI is InChI=1S/C22H26FN3O5/c1-29-17-7-8-20(30-2)18(13-17)25-22(28)21(27)24-14-19(26-9-11-31-12-10-26)15-3-5-16(23)6-4-15/h3-8,13,19H,9-12,14H2,1-2H3,(H,24,27)(H,25,28)/t19-/m0/s1.